The minimum Gasteiger partial charge on any atom is -0.368 e. The van der Waals surface area contributed by atoms with E-state index < -0.39 is 5.67 Å². The van der Waals surface area contributed by atoms with Crippen LogP contribution in [0.15, 0.2) is 24.3 Å². The van der Waals surface area contributed by atoms with E-state index in [4.69, 9.17) is 0 Å². The standard InChI is InChI=1S/C13H17FN2/c14-13(6-7-15-9-13)10-16-8-5-11-3-1-2-4-12(11)16/h1-4,15H,5-10H2. The zero-order valence-corrected chi connectivity index (χ0v) is 9.38. The fraction of sp³-hybridized carbons (Fsp3) is 0.538. The van der Waals surface area contributed by atoms with Gasteiger partial charge in [0.2, 0.25) is 0 Å². The summed E-state index contributed by atoms with van der Waals surface area (Å²) in [6.45, 7) is 2.82. The molecule has 1 aromatic carbocycles. The normalized spacial score (nSPS) is 28.4. The smallest absolute Gasteiger partial charge is 0.141 e. The number of rotatable bonds is 2. The Hall–Kier alpha value is -1.09. The van der Waals surface area contributed by atoms with E-state index in [1.165, 1.54) is 11.3 Å². The lowest BCUT2D eigenvalue weighted by molar-refractivity contribution is 0.197. The summed E-state index contributed by atoms with van der Waals surface area (Å²) in [4.78, 5) is 2.20. The predicted molar refractivity (Wildman–Crippen MR) is 63.7 cm³/mol. The molecule has 0 spiro atoms. The topological polar surface area (TPSA) is 15.3 Å². The van der Waals surface area contributed by atoms with Crippen molar-refractivity contribution in [3.8, 4) is 0 Å². The van der Waals surface area contributed by atoms with Gasteiger partial charge in [-0.2, -0.15) is 0 Å². The molecule has 1 saturated heterocycles. The van der Waals surface area contributed by atoms with E-state index in [0.717, 1.165) is 19.5 Å². The van der Waals surface area contributed by atoms with Gasteiger partial charge in [-0.3, -0.25) is 0 Å². The van der Waals surface area contributed by atoms with E-state index in [-0.39, 0.29) is 0 Å². The maximum atomic E-state index is 14.4. The molecule has 1 N–H and O–H groups in total. The van der Waals surface area contributed by atoms with Crippen molar-refractivity contribution in [2.45, 2.75) is 18.5 Å². The number of hydrogen-bond donors (Lipinski definition) is 1. The maximum Gasteiger partial charge on any atom is 0.141 e. The number of nitrogens with zero attached hydrogens (tertiary/aromatic N) is 1. The van der Waals surface area contributed by atoms with Crippen LogP contribution in [0.5, 0.6) is 0 Å². The van der Waals surface area contributed by atoms with Crippen LogP contribution >= 0.6 is 0 Å². The number of hydrogen-bond acceptors (Lipinski definition) is 2. The number of benzene rings is 1. The summed E-state index contributed by atoms with van der Waals surface area (Å²) in [5.74, 6) is 0. The van der Waals surface area contributed by atoms with Gasteiger partial charge in [-0.25, -0.2) is 4.39 Å². The van der Waals surface area contributed by atoms with Crippen LogP contribution in [0.4, 0.5) is 10.1 Å². The van der Waals surface area contributed by atoms with Crippen molar-refractivity contribution in [1.29, 1.82) is 0 Å². The summed E-state index contributed by atoms with van der Waals surface area (Å²) in [6.07, 6.45) is 1.70. The Morgan fingerprint density at radius 3 is 3.06 bits per heavy atom. The summed E-state index contributed by atoms with van der Waals surface area (Å²) < 4.78 is 14.4. The second-order valence-corrected chi connectivity index (χ2v) is 4.88. The second kappa shape index (κ2) is 3.74. The Balaban J connectivity index is 1.78. The Bertz CT molecular complexity index is 385. The highest BCUT2D eigenvalue weighted by atomic mass is 19.1. The number of alkyl halides is 1. The third-order valence-corrected chi connectivity index (χ3v) is 3.65. The number of fused-ring (bicyclic) bond motifs is 1. The first-order chi connectivity index (χ1) is 7.77. The third kappa shape index (κ3) is 1.69. The van der Waals surface area contributed by atoms with Gasteiger partial charge >= 0.3 is 0 Å². The molecule has 2 aliphatic heterocycles. The molecule has 2 heterocycles. The molecule has 3 rings (SSSR count). The fourth-order valence-electron chi connectivity index (χ4n) is 2.76. The van der Waals surface area contributed by atoms with Crippen molar-refractivity contribution in [3.63, 3.8) is 0 Å². The SMILES string of the molecule is FC1(CN2CCc3ccccc32)CCNC1. The van der Waals surface area contributed by atoms with Crippen LogP contribution < -0.4 is 10.2 Å². The average Bonchev–Trinajstić information content (AvgIpc) is 2.87. The molecular formula is C13H17FN2. The lowest BCUT2D eigenvalue weighted by atomic mass is 10.1. The molecule has 0 radical (unpaired) electrons. The van der Waals surface area contributed by atoms with Gasteiger partial charge in [0.05, 0.1) is 6.54 Å². The highest BCUT2D eigenvalue weighted by Gasteiger charge is 2.36. The van der Waals surface area contributed by atoms with Crippen LogP contribution in [0.2, 0.25) is 0 Å². The lowest BCUT2D eigenvalue weighted by Crippen LogP contribution is -2.40. The summed E-state index contributed by atoms with van der Waals surface area (Å²) in [7, 11) is 0. The molecule has 16 heavy (non-hydrogen) atoms. The molecule has 86 valence electrons. The Labute approximate surface area is 95.4 Å². The highest BCUT2D eigenvalue weighted by molar-refractivity contribution is 5.58. The van der Waals surface area contributed by atoms with Crippen LogP contribution in [-0.2, 0) is 6.42 Å². The van der Waals surface area contributed by atoms with Gasteiger partial charge in [0.15, 0.2) is 0 Å². The van der Waals surface area contributed by atoms with Crippen molar-refractivity contribution in [2.24, 2.45) is 0 Å². The predicted octanol–water partition coefficient (Wildman–Crippen LogP) is 1.75. The summed E-state index contributed by atoms with van der Waals surface area (Å²) >= 11 is 0. The first kappa shape index (κ1) is 10.1. The second-order valence-electron chi connectivity index (χ2n) is 4.88. The van der Waals surface area contributed by atoms with E-state index in [1.807, 2.05) is 6.07 Å². The Morgan fingerprint density at radius 2 is 2.25 bits per heavy atom. The molecule has 1 unspecified atom stereocenters. The molecular weight excluding hydrogens is 203 g/mol. The summed E-state index contributed by atoms with van der Waals surface area (Å²) in [5.41, 5.74) is 1.56. The van der Waals surface area contributed by atoms with E-state index in [1.54, 1.807) is 0 Å². The molecule has 0 aromatic heterocycles. The van der Waals surface area contributed by atoms with Gasteiger partial charge in [0, 0.05) is 18.8 Å². The summed E-state index contributed by atoms with van der Waals surface area (Å²) in [5, 5.41) is 3.11. The monoisotopic (exact) mass is 220 g/mol. The first-order valence-electron chi connectivity index (χ1n) is 5.99. The third-order valence-electron chi connectivity index (χ3n) is 3.65. The molecule has 3 heteroatoms. The maximum absolute atomic E-state index is 14.4. The van der Waals surface area contributed by atoms with Crippen molar-refractivity contribution in [1.82, 2.24) is 5.32 Å². The van der Waals surface area contributed by atoms with Crippen LogP contribution in [0.1, 0.15) is 12.0 Å². The fourth-order valence-corrected chi connectivity index (χ4v) is 2.76. The molecule has 0 aliphatic carbocycles. The van der Waals surface area contributed by atoms with Crippen LogP contribution in [0, 0.1) is 0 Å². The van der Waals surface area contributed by atoms with E-state index in [0.29, 0.717) is 19.5 Å². The lowest BCUT2D eigenvalue weighted by Gasteiger charge is -2.27. The molecule has 0 amide bonds. The van der Waals surface area contributed by atoms with Crippen LogP contribution in [0.3, 0.4) is 0 Å². The molecule has 1 aromatic rings. The van der Waals surface area contributed by atoms with Crippen LogP contribution in [-0.4, -0.2) is 31.8 Å². The molecule has 2 nitrogen and oxygen atoms in total. The number of para-hydroxylation sites is 1. The van der Waals surface area contributed by atoms with Crippen molar-refractivity contribution in [2.75, 3.05) is 31.1 Å². The quantitative estimate of drug-likeness (QED) is 0.817. The van der Waals surface area contributed by atoms with Gasteiger partial charge < -0.3 is 10.2 Å². The van der Waals surface area contributed by atoms with Crippen molar-refractivity contribution in [3.05, 3.63) is 29.8 Å². The van der Waals surface area contributed by atoms with Gasteiger partial charge in [-0.15, -0.1) is 0 Å². The number of anilines is 1. The molecule has 0 saturated carbocycles. The number of halogens is 1. The minimum atomic E-state index is -1.03. The number of nitrogens with one attached hydrogen (secondary N) is 1. The van der Waals surface area contributed by atoms with E-state index in [9.17, 15) is 4.39 Å². The Morgan fingerprint density at radius 1 is 1.38 bits per heavy atom. The van der Waals surface area contributed by atoms with Gasteiger partial charge in [-0.05, 0) is 31.0 Å². The Kier molecular flexibility index (Phi) is 2.36. The molecule has 1 fully saturated rings. The average molecular weight is 220 g/mol. The zero-order valence-electron chi connectivity index (χ0n) is 9.38. The van der Waals surface area contributed by atoms with E-state index in [2.05, 4.69) is 28.4 Å². The largest absolute Gasteiger partial charge is 0.368 e. The first-order valence-corrected chi connectivity index (χ1v) is 5.99. The zero-order chi connectivity index (χ0) is 11.0. The van der Waals surface area contributed by atoms with Crippen LogP contribution in [0.25, 0.3) is 0 Å². The van der Waals surface area contributed by atoms with E-state index >= 15 is 0 Å². The van der Waals surface area contributed by atoms with Crippen molar-refractivity contribution < 1.29 is 4.39 Å². The van der Waals surface area contributed by atoms with Gasteiger partial charge in [0.25, 0.3) is 0 Å². The molecule has 0 bridgehead atoms. The van der Waals surface area contributed by atoms with Gasteiger partial charge in [-0.1, -0.05) is 18.2 Å². The van der Waals surface area contributed by atoms with Gasteiger partial charge in [0.1, 0.15) is 5.67 Å². The van der Waals surface area contributed by atoms with Crippen molar-refractivity contribution >= 4 is 5.69 Å². The summed E-state index contributed by atoms with van der Waals surface area (Å²) in [6, 6.07) is 8.35. The molecule has 2 aliphatic rings. The minimum absolute atomic E-state index is 0.506. The molecule has 1 atom stereocenters. The highest BCUT2D eigenvalue weighted by Crippen LogP contribution is 2.31.